The summed E-state index contributed by atoms with van der Waals surface area (Å²) in [5, 5.41) is 0. The molecule has 0 fully saturated rings. The number of likely N-dealkylation sites (N-methyl/N-ethyl adjacent to an activating group) is 1. The van der Waals surface area contributed by atoms with Crippen LogP contribution in [-0.2, 0) is 4.79 Å². The van der Waals surface area contributed by atoms with Gasteiger partial charge in [0.15, 0.2) is 0 Å². The van der Waals surface area contributed by atoms with E-state index in [0.29, 0.717) is 6.42 Å². The number of rotatable bonds is 3. The second kappa shape index (κ2) is 6.74. The van der Waals surface area contributed by atoms with Crippen LogP contribution in [0.2, 0.25) is 0 Å². The van der Waals surface area contributed by atoms with E-state index in [2.05, 4.69) is 13.2 Å². The van der Waals surface area contributed by atoms with Crippen LogP contribution in [-0.4, -0.2) is 17.9 Å². The fourth-order valence-electron chi connectivity index (χ4n) is 2.16. The minimum absolute atomic E-state index is 0.0671. The van der Waals surface area contributed by atoms with E-state index in [0.717, 1.165) is 22.4 Å². The van der Waals surface area contributed by atoms with Crippen LogP contribution >= 0.6 is 0 Å². The zero-order chi connectivity index (χ0) is 14.4. The summed E-state index contributed by atoms with van der Waals surface area (Å²) in [5.74, 6) is 0.0671. The number of carbonyl (C=O) groups excluding carboxylic acids is 1. The minimum Gasteiger partial charge on any atom is -0.315 e. The van der Waals surface area contributed by atoms with Gasteiger partial charge in [-0.05, 0) is 31.1 Å². The largest absolute Gasteiger partial charge is 0.315 e. The molecule has 1 aliphatic rings. The summed E-state index contributed by atoms with van der Waals surface area (Å²) in [4.78, 5) is 13.8. The van der Waals surface area contributed by atoms with E-state index in [-0.39, 0.29) is 5.91 Å². The summed E-state index contributed by atoms with van der Waals surface area (Å²) in [6.45, 7) is 11.5. The Morgan fingerprint density at radius 2 is 1.95 bits per heavy atom. The number of hydrogen-bond donors (Lipinski definition) is 0. The third-order valence-electron chi connectivity index (χ3n) is 3.15. The predicted molar refractivity (Wildman–Crippen MR) is 81.5 cm³/mol. The molecule has 100 valence electrons. The number of hydrogen-bond acceptors (Lipinski definition) is 1. The molecule has 0 aromatic carbocycles. The van der Waals surface area contributed by atoms with Gasteiger partial charge in [0, 0.05) is 12.6 Å². The number of nitrogens with zero attached hydrogens (tertiary/aromatic N) is 1. The first-order chi connectivity index (χ1) is 9.10. The van der Waals surface area contributed by atoms with Crippen molar-refractivity contribution >= 4 is 5.91 Å². The van der Waals surface area contributed by atoms with Crippen LogP contribution in [0.5, 0.6) is 0 Å². The predicted octanol–water partition coefficient (Wildman–Crippen LogP) is 3.92. The molecule has 0 bridgehead atoms. The van der Waals surface area contributed by atoms with Crippen molar-refractivity contribution in [3.05, 3.63) is 72.0 Å². The van der Waals surface area contributed by atoms with Gasteiger partial charge in [0.1, 0.15) is 0 Å². The average Bonchev–Trinajstić information content (AvgIpc) is 2.50. The van der Waals surface area contributed by atoms with Crippen molar-refractivity contribution in [3.8, 4) is 0 Å². The van der Waals surface area contributed by atoms with Gasteiger partial charge in [-0.1, -0.05) is 43.5 Å². The molecule has 1 aliphatic heterocycles. The van der Waals surface area contributed by atoms with E-state index in [1.165, 1.54) is 0 Å². The molecule has 0 unspecified atom stereocenters. The van der Waals surface area contributed by atoms with Gasteiger partial charge in [-0.3, -0.25) is 4.79 Å². The lowest BCUT2D eigenvalue weighted by Gasteiger charge is -2.17. The van der Waals surface area contributed by atoms with E-state index in [1.54, 1.807) is 24.1 Å². The van der Waals surface area contributed by atoms with E-state index in [4.69, 9.17) is 0 Å². The molecule has 2 nitrogen and oxygen atoms in total. The van der Waals surface area contributed by atoms with Crippen LogP contribution in [0.3, 0.4) is 0 Å². The van der Waals surface area contributed by atoms with Crippen molar-refractivity contribution in [1.82, 2.24) is 4.90 Å². The zero-order valence-electron chi connectivity index (χ0n) is 11.9. The van der Waals surface area contributed by atoms with Crippen LogP contribution in [0.4, 0.5) is 0 Å². The van der Waals surface area contributed by atoms with E-state index in [9.17, 15) is 4.79 Å². The molecule has 0 saturated carbocycles. The van der Waals surface area contributed by atoms with Gasteiger partial charge in [-0.25, -0.2) is 0 Å². The Morgan fingerprint density at radius 1 is 1.26 bits per heavy atom. The van der Waals surface area contributed by atoms with Gasteiger partial charge in [-0.2, -0.15) is 0 Å². The van der Waals surface area contributed by atoms with Crippen molar-refractivity contribution < 1.29 is 4.79 Å². The quantitative estimate of drug-likeness (QED) is 0.748. The van der Waals surface area contributed by atoms with Crippen LogP contribution in [0.15, 0.2) is 72.0 Å². The first kappa shape index (κ1) is 15.0. The highest BCUT2D eigenvalue weighted by Gasteiger charge is 2.24. The Labute approximate surface area is 115 Å². The van der Waals surface area contributed by atoms with Gasteiger partial charge in [0.2, 0.25) is 5.91 Å². The highest BCUT2D eigenvalue weighted by Crippen LogP contribution is 2.32. The molecule has 0 aromatic rings. The van der Waals surface area contributed by atoms with Gasteiger partial charge >= 0.3 is 0 Å². The van der Waals surface area contributed by atoms with Gasteiger partial charge < -0.3 is 4.90 Å². The Bertz CT molecular complexity index is 515. The SMILES string of the molecule is C=C/C=C1/C(/C=C\C)=C(C=C)N(C)C(=O)C/C1=C/C. The molecule has 1 amide bonds. The molecular formula is C17H21NO. The molecule has 0 atom stereocenters. The Morgan fingerprint density at radius 3 is 2.42 bits per heavy atom. The third kappa shape index (κ3) is 3.02. The summed E-state index contributed by atoms with van der Waals surface area (Å²) >= 11 is 0. The Kier molecular flexibility index (Phi) is 5.31. The molecule has 1 rings (SSSR count). The molecule has 19 heavy (non-hydrogen) atoms. The van der Waals surface area contributed by atoms with Crippen molar-refractivity contribution in [1.29, 1.82) is 0 Å². The van der Waals surface area contributed by atoms with Crippen molar-refractivity contribution in [2.45, 2.75) is 20.3 Å². The maximum Gasteiger partial charge on any atom is 0.231 e. The van der Waals surface area contributed by atoms with Crippen molar-refractivity contribution in [3.63, 3.8) is 0 Å². The molecule has 2 heteroatoms. The second-order valence-electron chi connectivity index (χ2n) is 4.26. The molecule has 0 radical (unpaired) electrons. The lowest BCUT2D eigenvalue weighted by atomic mass is 9.94. The summed E-state index contributed by atoms with van der Waals surface area (Å²) < 4.78 is 0. The number of amides is 1. The highest BCUT2D eigenvalue weighted by molar-refractivity contribution is 5.85. The summed E-state index contributed by atoms with van der Waals surface area (Å²) in [6, 6.07) is 0. The summed E-state index contributed by atoms with van der Waals surface area (Å²) in [7, 11) is 1.78. The average molecular weight is 255 g/mol. The van der Waals surface area contributed by atoms with Crippen LogP contribution in [0.1, 0.15) is 20.3 Å². The fraction of sp³-hybridized carbons (Fsp3) is 0.235. The van der Waals surface area contributed by atoms with E-state index in [1.807, 2.05) is 38.2 Å². The normalized spacial score (nSPS) is 21.4. The number of allylic oxidation sites excluding steroid dienone is 8. The Hall–Kier alpha value is -2.09. The lowest BCUT2D eigenvalue weighted by Crippen LogP contribution is -2.24. The van der Waals surface area contributed by atoms with Crippen LogP contribution in [0.25, 0.3) is 0 Å². The molecule has 0 aromatic heterocycles. The van der Waals surface area contributed by atoms with E-state index >= 15 is 0 Å². The Balaban J connectivity index is 3.65. The lowest BCUT2D eigenvalue weighted by molar-refractivity contribution is -0.127. The first-order valence-electron chi connectivity index (χ1n) is 6.35. The maximum atomic E-state index is 12.2. The monoisotopic (exact) mass is 255 g/mol. The highest BCUT2D eigenvalue weighted by atomic mass is 16.2. The molecular weight excluding hydrogens is 234 g/mol. The number of carbonyl (C=O) groups is 1. The summed E-state index contributed by atoms with van der Waals surface area (Å²) in [5.41, 5.74) is 3.87. The summed E-state index contributed by atoms with van der Waals surface area (Å²) in [6.07, 6.45) is 11.8. The van der Waals surface area contributed by atoms with E-state index < -0.39 is 0 Å². The first-order valence-corrected chi connectivity index (χ1v) is 6.35. The maximum absolute atomic E-state index is 12.2. The standard InChI is InChI=1S/C17H21NO/c1-6-10-14-13(8-3)12-17(19)18(5)16(9-4)15(14)11-7-2/h6-11H,1,4,12H2,2-3,5H3/b11-7-,13-8-,14-10+. The third-order valence-corrected chi connectivity index (χ3v) is 3.15. The van der Waals surface area contributed by atoms with Gasteiger partial charge in [0.05, 0.1) is 12.1 Å². The topological polar surface area (TPSA) is 20.3 Å². The second-order valence-corrected chi connectivity index (χ2v) is 4.26. The molecule has 0 saturated heterocycles. The molecule has 1 heterocycles. The van der Waals surface area contributed by atoms with Crippen molar-refractivity contribution in [2.75, 3.05) is 7.05 Å². The fourth-order valence-corrected chi connectivity index (χ4v) is 2.16. The molecule has 0 spiro atoms. The van der Waals surface area contributed by atoms with Gasteiger partial charge in [-0.15, -0.1) is 0 Å². The molecule has 0 N–H and O–H groups in total. The molecule has 0 aliphatic carbocycles. The van der Waals surface area contributed by atoms with Crippen LogP contribution in [0, 0.1) is 0 Å². The smallest absolute Gasteiger partial charge is 0.231 e. The van der Waals surface area contributed by atoms with Crippen molar-refractivity contribution in [2.24, 2.45) is 0 Å². The minimum atomic E-state index is 0.0671. The van der Waals surface area contributed by atoms with Gasteiger partial charge in [0.25, 0.3) is 0 Å². The zero-order valence-corrected chi connectivity index (χ0v) is 11.9. The van der Waals surface area contributed by atoms with Crippen LogP contribution < -0.4 is 0 Å².